The van der Waals surface area contributed by atoms with Crippen LogP contribution in [-0.2, 0) is 4.79 Å². The van der Waals surface area contributed by atoms with Gasteiger partial charge in [-0.2, -0.15) is 0 Å². The van der Waals surface area contributed by atoms with Crippen molar-refractivity contribution in [3.8, 4) is 0 Å². The van der Waals surface area contributed by atoms with Gasteiger partial charge in [-0.15, -0.1) is 0 Å². The van der Waals surface area contributed by atoms with Gasteiger partial charge in [0.1, 0.15) is 0 Å². The van der Waals surface area contributed by atoms with Gasteiger partial charge in [-0.3, -0.25) is 14.7 Å². The minimum atomic E-state index is -0.886. The van der Waals surface area contributed by atoms with Crippen LogP contribution in [0.3, 0.4) is 0 Å². The Hall–Kier alpha value is -2.15. The summed E-state index contributed by atoms with van der Waals surface area (Å²) < 4.78 is 0. The molecule has 154 valence electrons. The molecule has 7 heteroatoms. The van der Waals surface area contributed by atoms with E-state index in [4.69, 9.17) is 5.11 Å². The van der Waals surface area contributed by atoms with Crippen LogP contribution >= 0.6 is 0 Å². The van der Waals surface area contributed by atoms with E-state index in [2.05, 4.69) is 21.3 Å². The van der Waals surface area contributed by atoms with E-state index < -0.39 is 6.09 Å². The van der Waals surface area contributed by atoms with Gasteiger partial charge in [-0.25, -0.2) is 4.79 Å². The van der Waals surface area contributed by atoms with Crippen LogP contribution < -0.4 is 5.32 Å². The minimum absolute atomic E-state index is 0.0413. The Morgan fingerprint density at radius 2 is 1.96 bits per heavy atom. The molecule has 28 heavy (non-hydrogen) atoms. The zero-order valence-corrected chi connectivity index (χ0v) is 16.6. The van der Waals surface area contributed by atoms with E-state index in [0.717, 1.165) is 32.4 Å². The molecule has 0 aromatic carbocycles. The Morgan fingerprint density at radius 3 is 2.68 bits per heavy atom. The van der Waals surface area contributed by atoms with Crippen LogP contribution in [0.4, 0.5) is 4.79 Å². The van der Waals surface area contributed by atoms with Crippen LogP contribution in [0.25, 0.3) is 0 Å². The second kappa shape index (κ2) is 10.4. The lowest BCUT2D eigenvalue weighted by atomic mass is 9.96. The first-order valence-electron chi connectivity index (χ1n) is 10.5. The zero-order chi connectivity index (χ0) is 19.8. The van der Waals surface area contributed by atoms with Crippen LogP contribution in [0.1, 0.15) is 56.6 Å². The Balaban J connectivity index is 1.27. The molecule has 3 heterocycles. The molecule has 2 saturated heterocycles. The molecule has 1 unspecified atom stereocenters. The number of aromatic nitrogens is 1. The van der Waals surface area contributed by atoms with E-state index in [1.165, 1.54) is 23.3 Å². The maximum atomic E-state index is 12.2. The maximum absolute atomic E-state index is 12.2. The third-order valence-corrected chi connectivity index (χ3v) is 5.99. The Morgan fingerprint density at radius 1 is 1.14 bits per heavy atom. The van der Waals surface area contributed by atoms with Crippen LogP contribution in [0.15, 0.2) is 24.5 Å². The smallest absolute Gasteiger partial charge is 0.407 e. The van der Waals surface area contributed by atoms with Crippen LogP contribution in [0.5, 0.6) is 0 Å². The summed E-state index contributed by atoms with van der Waals surface area (Å²) >= 11 is 0. The van der Waals surface area contributed by atoms with Crippen LogP contribution in [-0.4, -0.2) is 64.6 Å². The molecule has 1 atom stereocenters. The molecule has 3 rings (SSSR count). The van der Waals surface area contributed by atoms with Crippen molar-refractivity contribution >= 4 is 12.0 Å². The minimum Gasteiger partial charge on any atom is -0.465 e. The van der Waals surface area contributed by atoms with Gasteiger partial charge in [0, 0.05) is 44.0 Å². The molecular weight excluding hydrogens is 356 g/mol. The fourth-order valence-electron chi connectivity index (χ4n) is 4.35. The number of likely N-dealkylation sites (tertiary alicyclic amines) is 2. The average Bonchev–Trinajstić information content (AvgIpc) is 3.19. The van der Waals surface area contributed by atoms with Crippen molar-refractivity contribution in [2.24, 2.45) is 5.92 Å². The molecule has 0 bridgehead atoms. The number of nitrogens with zero attached hydrogens (tertiary/aromatic N) is 3. The lowest BCUT2D eigenvalue weighted by molar-refractivity contribution is -0.126. The SMILES string of the molecule is O=C(NCCCCCN1CCCC1c1cccnc1)C1CCN(C(=O)O)CC1. The Bertz CT molecular complexity index is 632. The molecule has 2 amide bonds. The second-order valence-corrected chi connectivity index (χ2v) is 7.88. The molecule has 2 N–H and O–H groups in total. The zero-order valence-electron chi connectivity index (χ0n) is 16.6. The molecule has 0 saturated carbocycles. The van der Waals surface area contributed by atoms with Gasteiger partial charge in [0.15, 0.2) is 0 Å². The number of hydrogen-bond donors (Lipinski definition) is 2. The number of piperidine rings is 1. The molecule has 0 radical (unpaired) electrons. The molecule has 2 aliphatic heterocycles. The molecule has 0 spiro atoms. The number of nitrogens with one attached hydrogen (secondary N) is 1. The van der Waals surface area contributed by atoms with Crippen molar-refractivity contribution in [2.45, 2.75) is 51.0 Å². The summed E-state index contributed by atoms with van der Waals surface area (Å²) in [6.45, 7) is 3.89. The predicted octanol–water partition coefficient (Wildman–Crippen LogP) is 2.90. The van der Waals surface area contributed by atoms with E-state index in [1.54, 1.807) is 0 Å². The molecular formula is C21H32N4O3. The highest BCUT2D eigenvalue weighted by Gasteiger charge is 2.27. The summed E-state index contributed by atoms with van der Waals surface area (Å²) in [6.07, 6.45) is 9.88. The average molecular weight is 389 g/mol. The van der Waals surface area contributed by atoms with Crippen molar-refractivity contribution < 1.29 is 14.7 Å². The van der Waals surface area contributed by atoms with Crippen molar-refractivity contribution in [2.75, 3.05) is 32.7 Å². The molecule has 7 nitrogen and oxygen atoms in total. The van der Waals surface area contributed by atoms with Gasteiger partial charge in [0.05, 0.1) is 0 Å². The van der Waals surface area contributed by atoms with Gasteiger partial charge >= 0.3 is 6.09 Å². The lowest BCUT2D eigenvalue weighted by Gasteiger charge is -2.29. The summed E-state index contributed by atoms with van der Waals surface area (Å²) in [5.74, 6) is 0.0432. The van der Waals surface area contributed by atoms with Gasteiger partial charge in [0.25, 0.3) is 0 Å². The number of carbonyl (C=O) groups excluding carboxylic acids is 1. The number of hydrogen-bond acceptors (Lipinski definition) is 4. The fourth-order valence-corrected chi connectivity index (χ4v) is 4.35. The second-order valence-electron chi connectivity index (χ2n) is 7.88. The van der Waals surface area contributed by atoms with Gasteiger partial charge < -0.3 is 15.3 Å². The molecule has 1 aromatic rings. The third kappa shape index (κ3) is 5.67. The van der Waals surface area contributed by atoms with E-state index >= 15 is 0 Å². The monoisotopic (exact) mass is 388 g/mol. The predicted molar refractivity (Wildman–Crippen MR) is 107 cm³/mol. The van der Waals surface area contributed by atoms with Crippen molar-refractivity contribution in [1.29, 1.82) is 0 Å². The summed E-state index contributed by atoms with van der Waals surface area (Å²) in [4.78, 5) is 31.3. The summed E-state index contributed by atoms with van der Waals surface area (Å²) in [5.41, 5.74) is 1.32. The summed E-state index contributed by atoms with van der Waals surface area (Å²) in [7, 11) is 0. The standard InChI is InChI=1S/C21H32N4O3/c26-20(17-8-14-25(15-9-17)21(27)28)23-11-2-1-3-12-24-13-5-7-19(24)18-6-4-10-22-16-18/h4,6,10,16-17,19H,1-3,5,7-9,11-15H2,(H,23,26)(H,27,28). The van der Waals surface area contributed by atoms with Crippen molar-refractivity contribution in [1.82, 2.24) is 20.1 Å². The molecule has 2 aliphatic rings. The number of carbonyl (C=O) groups is 2. The first kappa shape index (κ1) is 20.6. The number of carboxylic acid groups (broad SMARTS) is 1. The van der Waals surface area contributed by atoms with Crippen LogP contribution in [0, 0.1) is 5.92 Å². The maximum Gasteiger partial charge on any atom is 0.407 e. The van der Waals surface area contributed by atoms with Crippen molar-refractivity contribution in [3.05, 3.63) is 30.1 Å². The van der Waals surface area contributed by atoms with E-state index in [9.17, 15) is 9.59 Å². The normalized spacial score (nSPS) is 21.0. The quantitative estimate of drug-likeness (QED) is 0.669. The third-order valence-electron chi connectivity index (χ3n) is 5.99. The number of unbranched alkanes of at least 4 members (excludes halogenated alkanes) is 2. The topological polar surface area (TPSA) is 85.8 Å². The number of amides is 2. The number of rotatable bonds is 8. The van der Waals surface area contributed by atoms with E-state index in [-0.39, 0.29) is 11.8 Å². The Labute approximate surface area is 167 Å². The van der Waals surface area contributed by atoms with Gasteiger partial charge in [-0.1, -0.05) is 12.5 Å². The van der Waals surface area contributed by atoms with Gasteiger partial charge in [-0.05, 0) is 63.2 Å². The summed E-state index contributed by atoms with van der Waals surface area (Å²) in [5, 5.41) is 12.0. The molecule has 2 fully saturated rings. The first-order valence-corrected chi connectivity index (χ1v) is 10.5. The summed E-state index contributed by atoms with van der Waals surface area (Å²) in [6, 6.07) is 4.69. The first-order chi connectivity index (χ1) is 13.6. The van der Waals surface area contributed by atoms with E-state index in [0.29, 0.717) is 38.5 Å². The van der Waals surface area contributed by atoms with Gasteiger partial charge in [0.2, 0.25) is 5.91 Å². The highest BCUT2D eigenvalue weighted by atomic mass is 16.4. The van der Waals surface area contributed by atoms with Crippen LogP contribution in [0.2, 0.25) is 0 Å². The van der Waals surface area contributed by atoms with E-state index in [1.807, 2.05) is 18.5 Å². The number of pyridine rings is 1. The molecule has 1 aromatic heterocycles. The highest BCUT2D eigenvalue weighted by molar-refractivity contribution is 5.79. The van der Waals surface area contributed by atoms with Crippen molar-refractivity contribution in [3.63, 3.8) is 0 Å². The lowest BCUT2D eigenvalue weighted by Crippen LogP contribution is -2.42. The Kier molecular flexibility index (Phi) is 7.65. The molecule has 0 aliphatic carbocycles. The fraction of sp³-hybridized carbons (Fsp3) is 0.667. The largest absolute Gasteiger partial charge is 0.465 e. The highest BCUT2D eigenvalue weighted by Crippen LogP contribution is 2.31.